The van der Waals surface area contributed by atoms with Crippen molar-refractivity contribution >= 4 is 25.2 Å². The fourth-order valence-corrected chi connectivity index (χ4v) is 0. The van der Waals surface area contributed by atoms with Crippen LogP contribution in [-0.2, 0) is 4.57 Å². The number of hydrogen-bond donors (Lipinski definition) is 3. The molecule has 0 saturated carbocycles. The van der Waals surface area contributed by atoms with E-state index < -0.39 is 7.82 Å². The fraction of sp³-hybridized carbons (Fsp3) is 0. The monoisotopic (exact) mass is 126 g/mol. The van der Waals surface area contributed by atoms with Crippen molar-refractivity contribution in [2.24, 2.45) is 0 Å². The van der Waals surface area contributed by atoms with Crippen molar-refractivity contribution in [1.29, 1.82) is 0 Å². The van der Waals surface area contributed by atoms with E-state index in [2.05, 4.69) is 0 Å². The van der Waals surface area contributed by atoms with Crippen LogP contribution < -0.4 is 0 Å². The zero-order valence-electron chi connectivity index (χ0n) is 2.90. The predicted molar refractivity (Wildman–Crippen MR) is 21.4 cm³/mol. The first-order valence-electron chi connectivity index (χ1n) is 0.783. The lowest BCUT2D eigenvalue weighted by molar-refractivity contribution is 0.275. The largest absolute Gasteiger partial charge is 0.466 e. The minimum absolute atomic E-state index is 0. The van der Waals surface area contributed by atoms with Crippen LogP contribution in [0.15, 0.2) is 0 Å². The first-order valence-corrected chi connectivity index (χ1v) is 2.35. The topological polar surface area (TPSA) is 77.8 Å². The number of phosphoric acid groups is 1. The van der Waals surface area contributed by atoms with Gasteiger partial charge in [0, 0.05) is 0 Å². The molecule has 0 aromatic rings. The van der Waals surface area contributed by atoms with Gasteiger partial charge >= 0.3 is 7.82 Å². The van der Waals surface area contributed by atoms with E-state index in [0.717, 1.165) is 0 Å². The van der Waals surface area contributed by atoms with Gasteiger partial charge in [-0.25, -0.2) is 4.57 Å². The van der Waals surface area contributed by atoms with Gasteiger partial charge in [-0.05, 0) is 0 Å². The molecule has 0 aliphatic heterocycles. The van der Waals surface area contributed by atoms with Gasteiger partial charge < -0.3 is 14.7 Å². The molecule has 4 nitrogen and oxygen atoms in total. The van der Waals surface area contributed by atoms with Crippen molar-refractivity contribution in [1.82, 2.24) is 0 Å². The quantitative estimate of drug-likeness (QED) is 0.270. The van der Waals surface area contributed by atoms with Gasteiger partial charge in [-0.3, -0.25) is 0 Å². The molecule has 6 heteroatoms. The molecule has 0 spiro atoms. The van der Waals surface area contributed by atoms with Gasteiger partial charge in [-0.1, -0.05) is 0 Å². The second-order valence-corrected chi connectivity index (χ2v) is 1.54. The molecule has 0 amide bonds. The molecule has 0 fully saturated rings. The van der Waals surface area contributed by atoms with Crippen LogP contribution in [0.2, 0.25) is 0 Å². The van der Waals surface area contributed by atoms with Crippen LogP contribution in [0.1, 0.15) is 0 Å². The van der Waals surface area contributed by atoms with Crippen LogP contribution >= 0.6 is 7.82 Å². The Kier molecular flexibility index (Phi) is 4.51. The van der Waals surface area contributed by atoms with Crippen molar-refractivity contribution in [3.8, 4) is 0 Å². The summed E-state index contributed by atoms with van der Waals surface area (Å²) in [6, 6.07) is 0. The molecule has 36 valence electrons. The van der Waals surface area contributed by atoms with Crippen molar-refractivity contribution < 1.29 is 19.2 Å². The van der Waals surface area contributed by atoms with Gasteiger partial charge in [-0.2, -0.15) is 0 Å². The number of hydrogen-bond acceptors (Lipinski definition) is 1. The maximum absolute atomic E-state index is 8.88. The lowest BCUT2D eigenvalue weighted by Gasteiger charge is -1.82. The van der Waals surface area contributed by atoms with E-state index in [0.29, 0.717) is 0 Å². The highest BCUT2D eigenvalue weighted by molar-refractivity contribution is 7.45. The van der Waals surface area contributed by atoms with Crippen molar-refractivity contribution in [2.45, 2.75) is 0 Å². The van der Waals surface area contributed by atoms with E-state index in [1.165, 1.54) is 0 Å². The van der Waals surface area contributed by atoms with E-state index in [1.807, 2.05) is 0 Å². The second kappa shape index (κ2) is 2.76. The lowest BCUT2D eigenvalue weighted by Crippen LogP contribution is -1.66. The molecule has 0 aliphatic rings. The average molecular weight is 126 g/mol. The molecule has 0 saturated heterocycles. The Morgan fingerprint density at radius 3 is 1.17 bits per heavy atom. The Bertz CT molecular complexity index is 53.7. The second-order valence-electron chi connectivity index (χ2n) is 0.513. The van der Waals surface area contributed by atoms with E-state index in [9.17, 15) is 0 Å². The molecule has 0 unspecified atom stereocenters. The molecule has 3 N–H and O–H groups in total. The van der Waals surface area contributed by atoms with Gasteiger partial charge in [0.25, 0.3) is 0 Å². The summed E-state index contributed by atoms with van der Waals surface area (Å²) in [5.74, 6) is 0. The Morgan fingerprint density at radius 1 is 1.17 bits per heavy atom. The highest BCUT2D eigenvalue weighted by atomic mass is 31.2. The lowest BCUT2D eigenvalue weighted by atomic mass is 15.8. The number of rotatable bonds is 0. The van der Waals surface area contributed by atoms with Gasteiger partial charge in [0.05, 0.1) is 17.4 Å². The summed E-state index contributed by atoms with van der Waals surface area (Å²) in [5, 5.41) is 0. The molecule has 0 aliphatic carbocycles. The Morgan fingerprint density at radius 2 is 1.17 bits per heavy atom. The highest BCUT2D eigenvalue weighted by Crippen LogP contribution is 2.25. The third-order valence-electron chi connectivity index (χ3n) is 0. The third kappa shape index (κ3) is 149. The van der Waals surface area contributed by atoms with Gasteiger partial charge in [0.1, 0.15) is 0 Å². The Hall–Kier alpha value is 0.642. The summed E-state index contributed by atoms with van der Waals surface area (Å²) < 4.78 is 8.88. The molecular formula is H4AlO4P. The summed E-state index contributed by atoms with van der Waals surface area (Å²) in [6.45, 7) is 0. The van der Waals surface area contributed by atoms with Crippen LogP contribution in [0.25, 0.3) is 0 Å². The summed E-state index contributed by atoms with van der Waals surface area (Å²) in [6.07, 6.45) is 0. The minimum Gasteiger partial charge on any atom is -0.303 e. The third-order valence-corrected chi connectivity index (χ3v) is 0. The first-order chi connectivity index (χ1) is 2.00. The molecule has 0 bridgehead atoms. The molecule has 2 radical (unpaired) electrons. The van der Waals surface area contributed by atoms with Crippen molar-refractivity contribution in [2.75, 3.05) is 0 Å². The Balaban J connectivity index is 0. The summed E-state index contributed by atoms with van der Waals surface area (Å²) in [4.78, 5) is 21.6. The maximum Gasteiger partial charge on any atom is 0.466 e. The van der Waals surface area contributed by atoms with Crippen molar-refractivity contribution in [3.05, 3.63) is 0 Å². The van der Waals surface area contributed by atoms with E-state index in [4.69, 9.17) is 19.2 Å². The van der Waals surface area contributed by atoms with Crippen LogP contribution in [0.3, 0.4) is 0 Å². The van der Waals surface area contributed by atoms with Crippen LogP contribution in [0, 0.1) is 0 Å². The van der Waals surface area contributed by atoms with Gasteiger partial charge in [0.15, 0.2) is 0 Å². The summed E-state index contributed by atoms with van der Waals surface area (Å²) >= 11 is 0. The maximum atomic E-state index is 8.88. The standard InChI is InChI=1S/Al.H3O4P.H/c;1-5(2,3)4;/h;(H3,1,2,3,4);. The average Bonchev–Trinajstić information content (AvgIpc) is 0.722. The molecule has 0 rings (SSSR count). The minimum atomic E-state index is -4.64. The normalized spacial score (nSPS) is 9.83. The van der Waals surface area contributed by atoms with E-state index in [1.54, 1.807) is 0 Å². The van der Waals surface area contributed by atoms with Gasteiger partial charge in [0.2, 0.25) is 0 Å². The summed E-state index contributed by atoms with van der Waals surface area (Å²) in [5.41, 5.74) is 0. The predicted octanol–water partition coefficient (Wildman–Crippen LogP) is -1.58. The van der Waals surface area contributed by atoms with E-state index >= 15 is 0 Å². The fourth-order valence-electron chi connectivity index (χ4n) is 0. The zero-order chi connectivity index (χ0) is 4.50. The van der Waals surface area contributed by atoms with Crippen LogP contribution in [0.5, 0.6) is 0 Å². The van der Waals surface area contributed by atoms with Crippen molar-refractivity contribution in [3.63, 3.8) is 0 Å². The molecule has 6 heavy (non-hydrogen) atoms. The highest BCUT2D eigenvalue weighted by Gasteiger charge is 2.00. The van der Waals surface area contributed by atoms with Gasteiger partial charge in [-0.15, -0.1) is 0 Å². The SMILES string of the molecule is O=P(O)(O)O.[AlH]. The Labute approximate surface area is 45.2 Å². The zero-order valence-corrected chi connectivity index (χ0v) is 5.21. The van der Waals surface area contributed by atoms with Crippen LogP contribution in [0.4, 0.5) is 0 Å². The molecule has 0 heterocycles. The van der Waals surface area contributed by atoms with E-state index in [-0.39, 0.29) is 17.4 Å². The molecule has 0 aromatic heterocycles. The summed E-state index contributed by atoms with van der Waals surface area (Å²) in [7, 11) is -4.64. The van der Waals surface area contributed by atoms with Crippen LogP contribution in [-0.4, -0.2) is 32.0 Å². The smallest absolute Gasteiger partial charge is 0.303 e. The molecule has 0 aromatic carbocycles. The molecular weight excluding hydrogens is 122 g/mol. The first kappa shape index (κ1) is 9.81. The molecule has 0 atom stereocenters.